The fourth-order valence-corrected chi connectivity index (χ4v) is 1.95. The van der Waals surface area contributed by atoms with E-state index in [0.29, 0.717) is 0 Å². The van der Waals surface area contributed by atoms with Crippen LogP contribution in [0.4, 0.5) is 0 Å². The number of rotatable bonds is 3. The first-order valence-corrected chi connectivity index (χ1v) is 5.64. The Kier molecular flexibility index (Phi) is 3.32. The van der Waals surface area contributed by atoms with E-state index in [2.05, 4.69) is 10.1 Å². The van der Waals surface area contributed by atoms with Gasteiger partial charge in [0, 0.05) is 14.1 Å². The van der Waals surface area contributed by atoms with Gasteiger partial charge in [0.2, 0.25) is 5.91 Å². The van der Waals surface area contributed by atoms with E-state index in [1.165, 1.54) is 22.5 Å². The van der Waals surface area contributed by atoms with E-state index in [9.17, 15) is 14.7 Å². The summed E-state index contributed by atoms with van der Waals surface area (Å²) in [5.41, 5.74) is 4.96. The predicted octanol–water partition coefficient (Wildman–Crippen LogP) is -2.79. The molecule has 0 radical (unpaired) electrons. The van der Waals surface area contributed by atoms with Gasteiger partial charge in [-0.15, -0.1) is 0 Å². The number of amides is 1. The Bertz CT molecular complexity index is 798. The predicted molar refractivity (Wildman–Crippen MR) is 66.5 cm³/mol. The Labute approximate surface area is 112 Å². The standard InChI is InChI=1S/C10H14N6O4/c1-14-8-6(9(19)15(2)10(14)13-20)16(4-12-8)3-5(17)7(11)18/h4-5,17,20H,3H2,1-2H3,(H2,11,18). The number of hydrogen-bond acceptors (Lipinski definition) is 6. The Morgan fingerprint density at radius 3 is 2.70 bits per heavy atom. The second-order valence-electron chi connectivity index (χ2n) is 4.31. The third-order valence-electron chi connectivity index (χ3n) is 3.03. The molecule has 0 saturated heterocycles. The van der Waals surface area contributed by atoms with Gasteiger partial charge >= 0.3 is 0 Å². The molecule has 0 saturated carbocycles. The summed E-state index contributed by atoms with van der Waals surface area (Å²) >= 11 is 0. The molecule has 10 nitrogen and oxygen atoms in total. The highest BCUT2D eigenvalue weighted by molar-refractivity contribution is 5.78. The van der Waals surface area contributed by atoms with Crippen molar-refractivity contribution in [1.82, 2.24) is 18.7 Å². The van der Waals surface area contributed by atoms with Crippen molar-refractivity contribution in [1.29, 1.82) is 0 Å². The van der Waals surface area contributed by atoms with Crippen molar-refractivity contribution in [3.8, 4) is 0 Å². The average molecular weight is 282 g/mol. The van der Waals surface area contributed by atoms with Crippen molar-refractivity contribution >= 4 is 17.1 Å². The SMILES string of the molecule is Cn1c(=O)c2c(ncn2CC(O)C(N)=O)n(C)c1=NO. The van der Waals surface area contributed by atoms with Crippen LogP contribution in [-0.4, -0.2) is 41.0 Å². The van der Waals surface area contributed by atoms with E-state index in [0.717, 1.165) is 4.57 Å². The van der Waals surface area contributed by atoms with Gasteiger partial charge in [-0.25, -0.2) is 4.98 Å². The van der Waals surface area contributed by atoms with Gasteiger partial charge in [0.25, 0.3) is 11.2 Å². The van der Waals surface area contributed by atoms with Crippen LogP contribution in [0.3, 0.4) is 0 Å². The van der Waals surface area contributed by atoms with Crippen LogP contribution >= 0.6 is 0 Å². The van der Waals surface area contributed by atoms with Crippen molar-refractivity contribution in [2.45, 2.75) is 12.6 Å². The number of nitrogens with zero attached hydrogens (tertiary/aromatic N) is 5. The molecule has 2 rings (SSSR count). The summed E-state index contributed by atoms with van der Waals surface area (Å²) < 4.78 is 3.86. The van der Waals surface area contributed by atoms with Crippen LogP contribution in [-0.2, 0) is 25.4 Å². The van der Waals surface area contributed by atoms with Crippen molar-refractivity contribution in [2.75, 3.05) is 0 Å². The number of carbonyl (C=O) groups excluding carboxylic acids is 1. The Hall–Kier alpha value is -2.62. The number of nitrogens with two attached hydrogens (primary N) is 1. The zero-order valence-corrected chi connectivity index (χ0v) is 10.9. The fraction of sp³-hybridized carbons (Fsp3) is 0.400. The molecular formula is C10H14N6O4. The molecule has 1 atom stereocenters. The van der Waals surface area contributed by atoms with Gasteiger partial charge in [-0.1, -0.05) is 5.16 Å². The largest absolute Gasteiger partial charge is 0.408 e. The van der Waals surface area contributed by atoms with E-state index < -0.39 is 17.6 Å². The quantitative estimate of drug-likeness (QED) is 0.412. The molecule has 0 fully saturated rings. The van der Waals surface area contributed by atoms with E-state index in [1.54, 1.807) is 7.05 Å². The summed E-state index contributed by atoms with van der Waals surface area (Å²) in [4.78, 5) is 27.1. The smallest absolute Gasteiger partial charge is 0.280 e. The van der Waals surface area contributed by atoms with Crippen LogP contribution in [0.2, 0.25) is 0 Å². The molecule has 0 aliphatic heterocycles. The molecule has 2 aromatic rings. The molecule has 0 aliphatic carbocycles. The number of imidazole rings is 1. The average Bonchev–Trinajstić information content (AvgIpc) is 2.81. The van der Waals surface area contributed by atoms with Crippen molar-refractivity contribution in [3.63, 3.8) is 0 Å². The van der Waals surface area contributed by atoms with Gasteiger partial charge in [0.1, 0.15) is 6.10 Å². The topological polar surface area (TPSA) is 141 Å². The molecule has 0 aliphatic rings. The second-order valence-corrected chi connectivity index (χ2v) is 4.31. The van der Waals surface area contributed by atoms with Crippen molar-refractivity contribution < 1.29 is 15.1 Å². The molecule has 2 heterocycles. The molecular weight excluding hydrogens is 268 g/mol. The van der Waals surface area contributed by atoms with E-state index >= 15 is 0 Å². The van der Waals surface area contributed by atoms with E-state index in [1.807, 2.05) is 0 Å². The first-order chi connectivity index (χ1) is 9.38. The third-order valence-corrected chi connectivity index (χ3v) is 3.03. The molecule has 20 heavy (non-hydrogen) atoms. The van der Waals surface area contributed by atoms with Crippen LogP contribution < -0.4 is 16.9 Å². The number of aliphatic hydroxyl groups excluding tert-OH is 1. The molecule has 1 unspecified atom stereocenters. The highest BCUT2D eigenvalue weighted by atomic mass is 16.4. The molecule has 2 aromatic heterocycles. The maximum Gasteiger partial charge on any atom is 0.280 e. The molecule has 0 aromatic carbocycles. The minimum Gasteiger partial charge on any atom is -0.408 e. The zero-order valence-electron chi connectivity index (χ0n) is 10.9. The molecule has 1 amide bonds. The summed E-state index contributed by atoms with van der Waals surface area (Å²) in [5.74, 6) is -0.893. The molecule has 0 spiro atoms. The van der Waals surface area contributed by atoms with Crippen LogP contribution in [0.5, 0.6) is 0 Å². The van der Waals surface area contributed by atoms with Gasteiger partial charge in [0.05, 0.1) is 12.9 Å². The highest BCUT2D eigenvalue weighted by Gasteiger charge is 2.18. The molecule has 10 heteroatoms. The van der Waals surface area contributed by atoms with Crippen molar-refractivity contribution in [2.24, 2.45) is 25.0 Å². The number of aryl methyl sites for hydroxylation is 1. The van der Waals surface area contributed by atoms with E-state index in [-0.39, 0.29) is 23.3 Å². The second kappa shape index (κ2) is 4.81. The zero-order chi connectivity index (χ0) is 15.0. The van der Waals surface area contributed by atoms with Gasteiger partial charge in [0.15, 0.2) is 11.2 Å². The lowest BCUT2D eigenvalue weighted by Gasteiger charge is -2.10. The lowest BCUT2D eigenvalue weighted by Crippen LogP contribution is -2.39. The molecule has 4 N–H and O–H groups in total. The van der Waals surface area contributed by atoms with Crippen LogP contribution in [0.15, 0.2) is 16.3 Å². The van der Waals surface area contributed by atoms with Crippen molar-refractivity contribution in [3.05, 3.63) is 22.3 Å². The van der Waals surface area contributed by atoms with Crippen LogP contribution in [0, 0.1) is 0 Å². The summed E-state index contributed by atoms with van der Waals surface area (Å²) in [6, 6.07) is 0. The fourth-order valence-electron chi connectivity index (χ4n) is 1.95. The number of aliphatic hydroxyl groups is 1. The highest BCUT2D eigenvalue weighted by Crippen LogP contribution is 2.06. The normalized spacial score (nSPS) is 13.8. The van der Waals surface area contributed by atoms with E-state index in [4.69, 9.17) is 10.9 Å². The first kappa shape index (κ1) is 13.8. The van der Waals surface area contributed by atoms with Crippen LogP contribution in [0.25, 0.3) is 11.2 Å². The monoisotopic (exact) mass is 282 g/mol. The minimum atomic E-state index is -1.43. The summed E-state index contributed by atoms with van der Waals surface area (Å²) in [6.45, 7) is -0.184. The number of hydrogen-bond donors (Lipinski definition) is 3. The minimum absolute atomic E-state index is 0.0169. The number of aromatic nitrogens is 4. The molecule has 0 bridgehead atoms. The number of primary amides is 1. The summed E-state index contributed by atoms with van der Waals surface area (Å²) in [5, 5.41) is 21.4. The lowest BCUT2D eigenvalue weighted by atomic mass is 10.3. The summed E-state index contributed by atoms with van der Waals surface area (Å²) in [7, 11) is 3.00. The number of fused-ring (bicyclic) bond motifs is 1. The lowest BCUT2D eigenvalue weighted by molar-refractivity contribution is -0.126. The maximum atomic E-state index is 12.2. The Morgan fingerprint density at radius 2 is 2.15 bits per heavy atom. The van der Waals surface area contributed by atoms with Gasteiger partial charge in [-0.2, -0.15) is 0 Å². The Morgan fingerprint density at radius 1 is 1.50 bits per heavy atom. The van der Waals surface area contributed by atoms with Gasteiger partial charge in [-0.05, 0) is 0 Å². The summed E-state index contributed by atoms with van der Waals surface area (Å²) in [6.07, 6.45) is -0.121. The maximum absolute atomic E-state index is 12.2. The van der Waals surface area contributed by atoms with Crippen LogP contribution in [0.1, 0.15) is 0 Å². The van der Waals surface area contributed by atoms with Gasteiger partial charge < -0.3 is 20.6 Å². The first-order valence-electron chi connectivity index (χ1n) is 5.64. The Balaban J connectivity index is 2.74. The third kappa shape index (κ3) is 1.95. The molecule has 108 valence electrons. The van der Waals surface area contributed by atoms with Gasteiger partial charge in [-0.3, -0.25) is 18.7 Å². The number of carbonyl (C=O) groups is 1.